The van der Waals surface area contributed by atoms with Gasteiger partial charge in [0.15, 0.2) is 0 Å². The van der Waals surface area contributed by atoms with Crippen molar-refractivity contribution in [1.82, 2.24) is 4.57 Å². The monoisotopic (exact) mass is 503 g/mol. The molecule has 1 aromatic heterocycles. The summed E-state index contributed by atoms with van der Waals surface area (Å²) in [5.74, 6) is 0.245. The van der Waals surface area contributed by atoms with Gasteiger partial charge in [0, 0.05) is 10.9 Å². The largest absolute Gasteiger partial charge is 0.497 e. The van der Waals surface area contributed by atoms with E-state index >= 15 is 0 Å². The van der Waals surface area contributed by atoms with Crippen molar-refractivity contribution in [3.05, 3.63) is 45.5 Å². The van der Waals surface area contributed by atoms with Crippen molar-refractivity contribution < 1.29 is 23.8 Å². The van der Waals surface area contributed by atoms with E-state index in [0.717, 1.165) is 40.8 Å². The van der Waals surface area contributed by atoms with E-state index in [1.165, 1.54) is 37.2 Å². The highest BCUT2D eigenvalue weighted by atomic mass is 16.6. The highest BCUT2D eigenvalue weighted by molar-refractivity contribution is 5.96. The number of rotatable bonds is 4. The van der Waals surface area contributed by atoms with Gasteiger partial charge in [-0.2, -0.15) is 0 Å². The molecular weight excluding hydrogens is 466 g/mol. The van der Waals surface area contributed by atoms with Gasteiger partial charge in [-0.15, -0.1) is 0 Å². The Balaban J connectivity index is 1.77. The van der Waals surface area contributed by atoms with Crippen molar-refractivity contribution in [3.63, 3.8) is 0 Å². The SMILES string of the molecule is COC(=O)C1=Cc2cc(OC)ccc2-c2c(C3CCCCC3)c3c(n2C1)=CC(C(=O)OC(C)(C)C)CC=3. The number of ether oxygens (including phenoxy) is 3. The van der Waals surface area contributed by atoms with Crippen LogP contribution in [0, 0.1) is 5.92 Å². The van der Waals surface area contributed by atoms with E-state index in [2.05, 4.69) is 22.8 Å². The fraction of sp³-hybridized carbons (Fsp3) is 0.484. The quantitative estimate of drug-likeness (QED) is 0.566. The Morgan fingerprint density at radius 2 is 1.81 bits per heavy atom. The molecule has 1 aromatic carbocycles. The minimum atomic E-state index is -0.548. The number of hydrogen-bond donors (Lipinski definition) is 0. The van der Waals surface area contributed by atoms with E-state index < -0.39 is 5.60 Å². The summed E-state index contributed by atoms with van der Waals surface area (Å²) in [6.07, 6.45) is 12.8. The second-order valence-corrected chi connectivity index (χ2v) is 11.3. The molecule has 6 nitrogen and oxygen atoms in total. The smallest absolute Gasteiger partial charge is 0.335 e. The maximum Gasteiger partial charge on any atom is 0.335 e. The van der Waals surface area contributed by atoms with E-state index in [0.29, 0.717) is 24.5 Å². The minimum Gasteiger partial charge on any atom is -0.497 e. The molecule has 0 N–H and O–H groups in total. The van der Waals surface area contributed by atoms with E-state index in [-0.39, 0.29) is 17.9 Å². The Bertz CT molecular complexity index is 1380. The van der Waals surface area contributed by atoms with Crippen LogP contribution in [0.1, 0.15) is 76.3 Å². The third-order valence-electron chi connectivity index (χ3n) is 7.66. The Morgan fingerprint density at radius 3 is 2.49 bits per heavy atom. The molecule has 1 aliphatic heterocycles. The molecule has 1 atom stereocenters. The van der Waals surface area contributed by atoms with E-state index in [1.54, 1.807) is 7.11 Å². The summed E-state index contributed by atoms with van der Waals surface area (Å²) >= 11 is 0. The molecule has 3 aliphatic rings. The summed E-state index contributed by atoms with van der Waals surface area (Å²) in [5, 5.41) is 2.20. The topological polar surface area (TPSA) is 66.8 Å². The second kappa shape index (κ2) is 9.88. The zero-order valence-corrected chi connectivity index (χ0v) is 22.6. The molecule has 2 heterocycles. The number of fused-ring (bicyclic) bond motifs is 5. The fourth-order valence-corrected chi connectivity index (χ4v) is 6.04. The number of carbonyl (C=O) groups excluding carboxylic acids is 2. The molecule has 0 amide bonds. The molecular formula is C31H37NO5. The molecule has 0 bridgehead atoms. The Morgan fingerprint density at radius 1 is 1.05 bits per heavy atom. The third kappa shape index (κ3) is 4.86. The number of aromatic nitrogens is 1. The number of esters is 2. The van der Waals surface area contributed by atoms with Crippen LogP contribution in [0.3, 0.4) is 0 Å². The Labute approximate surface area is 218 Å². The van der Waals surface area contributed by atoms with Gasteiger partial charge in [0.25, 0.3) is 0 Å². The first-order valence-corrected chi connectivity index (χ1v) is 13.3. The lowest BCUT2D eigenvalue weighted by molar-refractivity contribution is -0.157. The molecule has 196 valence electrons. The average Bonchev–Trinajstić information content (AvgIpc) is 3.09. The lowest BCUT2D eigenvalue weighted by Crippen LogP contribution is -2.38. The van der Waals surface area contributed by atoms with Crippen LogP contribution in [0.5, 0.6) is 5.75 Å². The van der Waals surface area contributed by atoms with Gasteiger partial charge in [-0.3, -0.25) is 4.79 Å². The Kier molecular flexibility index (Phi) is 6.78. The molecule has 6 heteroatoms. The summed E-state index contributed by atoms with van der Waals surface area (Å²) in [5.41, 5.74) is 4.52. The van der Waals surface area contributed by atoms with Crippen LogP contribution in [0.25, 0.3) is 29.5 Å². The van der Waals surface area contributed by atoms with Crippen molar-refractivity contribution in [1.29, 1.82) is 0 Å². The first-order valence-electron chi connectivity index (χ1n) is 13.3. The number of methoxy groups -OCH3 is 2. The predicted molar refractivity (Wildman–Crippen MR) is 144 cm³/mol. The second-order valence-electron chi connectivity index (χ2n) is 11.3. The first-order chi connectivity index (χ1) is 17.7. The molecule has 1 fully saturated rings. The summed E-state index contributed by atoms with van der Waals surface area (Å²) in [6.45, 7) is 6.06. The van der Waals surface area contributed by atoms with Gasteiger partial charge in [-0.25, -0.2) is 4.79 Å². The highest BCUT2D eigenvalue weighted by Crippen LogP contribution is 2.40. The van der Waals surface area contributed by atoms with Gasteiger partial charge < -0.3 is 18.8 Å². The fourth-order valence-electron chi connectivity index (χ4n) is 6.04. The van der Waals surface area contributed by atoms with Crippen molar-refractivity contribution in [3.8, 4) is 17.0 Å². The third-order valence-corrected chi connectivity index (χ3v) is 7.66. The summed E-state index contributed by atoms with van der Waals surface area (Å²) in [6, 6.07) is 6.06. The molecule has 0 spiro atoms. The summed E-state index contributed by atoms with van der Waals surface area (Å²) in [4.78, 5) is 25.9. The average molecular weight is 504 g/mol. The molecule has 1 saturated carbocycles. The molecule has 37 heavy (non-hydrogen) atoms. The van der Waals surface area contributed by atoms with Crippen LogP contribution in [0.2, 0.25) is 0 Å². The maximum atomic E-state index is 13.1. The molecule has 5 rings (SSSR count). The van der Waals surface area contributed by atoms with Crippen LogP contribution < -0.4 is 15.3 Å². The van der Waals surface area contributed by atoms with Crippen LogP contribution in [-0.2, 0) is 25.6 Å². The molecule has 2 aliphatic carbocycles. The van der Waals surface area contributed by atoms with Crippen LogP contribution in [0.15, 0.2) is 23.8 Å². The number of hydrogen-bond acceptors (Lipinski definition) is 5. The number of carbonyl (C=O) groups is 2. The van der Waals surface area contributed by atoms with Crippen molar-refractivity contribution in [2.45, 2.75) is 77.4 Å². The molecule has 0 saturated heterocycles. The van der Waals surface area contributed by atoms with Crippen LogP contribution in [-0.4, -0.2) is 36.3 Å². The summed E-state index contributed by atoms with van der Waals surface area (Å²) in [7, 11) is 3.07. The number of benzene rings is 1. The first kappa shape index (κ1) is 25.4. The van der Waals surface area contributed by atoms with Crippen molar-refractivity contribution >= 4 is 30.2 Å². The van der Waals surface area contributed by atoms with E-state index in [9.17, 15) is 9.59 Å². The molecule has 1 unspecified atom stereocenters. The lowest BCUT2D eigenvalue weighted by Gasteiger charge is -2.24. The highest BCUT2D eigenvalue weighted by Gasteiger charge is 2.32. The molecule has 2 aromatic rings. The molecule has 0 radical (unpaired) electrons. The van der Waals surface area contributed by atoms with Gasteiger partial charge in [0.2, 0.25) is 0 Å². The minimum absolute atomic E-state index is 0.216. The van der Waals surface area contributed by atoms with Crippen LogP contribution >= 0.6 is 0 Å². The van der Waals surface area contributed by atoms with Gasteiger partial charge in [-0.05, 0) is 92.6 Å². The normalized spacial score (nSPS) is 19.2. The Hall–Kier alpha value is -3.28. The van der Waals surface area contributed by atoms with Crippen LogP contribution in [0.4, 0.5) is 0 Å². The summed E-state index contributed by atoms with van der Waals surface area (Å²) < 4.78 is 18.7. The van der Waals surface area contributed by atoms with E-state index in [4.69, 9.17) is 14.2 Å². The van der Waals surface area contributed by atoms with Crippen molar-refractivity contribution in [2.75, 3.05) is 14.2 Å². The van der Waals surface area contributed by atoms with E-state index in [1.807, 2.05) is 39.0 Å². The zero-order valence-electron chi connectivity index (χ0n) is 22.6. The van der Waals surface area contributed by atoms with Gasteiger partial charge in [0.1, 0.15) is 11.4 Å². The standard InChI is InChI=1S/C31H37NO5/c1-31(2,3)37-30(34)20-11-13-25-26(17-20)32-18-22(29(33)36-5)15-21-16-23(35-4)12-14-24(21)28(32)27(25)19-9-7-6-8-10-19/h12-17,19-20H,6-11,18H2,1-5H3. The van der Waals surface area contributed by atoms with Gasteiger partial charge >= 0.3 is 11.9 Å². The maximum absolute atomic E-state index is 13.1. The van der Waals surface area contributed by atoms with Gasteiger partial charge in [0.05, 0.1) is 37.9 Å². The number of nitrogens with zero attached hydrogens (tertiary/aromatic N) is 1. The lowest BCUT2D eigenvalue weighted by atomic mass is 9.81. The zero-order chi connectivity index (χ0) is 26.3. The van der Waals surface area contributed by atoms with Gasteiger partial charge in [-0.1, -0.05) is 25.3 Å². The predicted octanol–water partition coefficient (Wildman–Crippen LogP) is 4.70. The van der Waals surface area contributed by atoms with Crippen molar-refractivity contribution in [2.24, 2.45) is 5.92 Å².